The van der Waals surface area contributed by atoms with E-state index in [-0.39, 0.29) is 11.9 Å². The van der Waals surface area contributed by atoms with Gasteiger partial charge in [-0.3, -0.25) is 9.69 Å². The van der Waals surface area contributed by atoms with Gasteiger partial charge in [0.05, 0.1) is 6.04 Å². The topological polar surface area (TPSA) is 58.4 Å². The molecule has 0 bridgehead atoms. The third-order valence-electron chi connectivity index (χ3n) is 4.64. The SMILES string of the molecule is CCC1CCC(C)N1C(C)C(=O)Nc1ccccc1CN. The summed E-state index contributed by atoms with van der Waals surface area (Å²) in [6, 6.07) is 8.61. The van der Waals surface area contributed by atoms with Crippen molar-refractivity contribution in [3.63, 3.8) is 0 Å². The van der Waals surface area contributed by atoms with E-state index >= 15 is 0 Å². The van der Waals surface area contributed by atoms with Crippen LogP contribution in [0.3, 0.4) is 0 Å². The number of nitrogens with two attached hydrogens (primary N) is 1. The zero-order valence-electron chi connectivity index (χ0n) is 13.3. The second-order valence-electron chi connectivity index (χ2n) is 5.96. The Labute approximate surface area is 127 Å². The molecule has 1 heterocycles. The summed E-state index contributed by atoms with van der Waals surface area (Å²) in [5, 5.41) is 3.04. The Morgan fingerprint density at radius 2 is 2.14 bits per heavy atom. The van der Waals surface area contributed by atoms with Gasteiger partial charge in [0, 0.05) is 24.3 Å². The number of carbonyl (C=O) groups is 1. The minimum atomic E-state index is -0.113. The molecule has 3 unspecified atom stereocenters. The van der Waals surface area contributed by atoms with Crippen molar-refractivity contribution in [2.24, 2.45) is 5.73 Å². The highest BCUT2D eigenvalue weighted by molar-refractivity contribution is 5.95. The first-order chi connectivity index (χ1) is 10.1. The fourth-order valence-electron chi connectivity index (χ4n) is 3.40. The molecule has 21 heavy (non-hydrogen) atoms. The first-order valence-electron chi connectivity index (χ1n) is 7.94. The molecule has 116 valence electrons. The van der Waals surface area contributed by atoms with Crippen LogP contribution in [0.25, 0.3) is 0 Å². The van der Waals surface area contributed by atoms with Crippen molar-refractivity contribution in [1.82, 2.24) is 4.90 Å². The van der Waals surface area contributed by atoms with E-state index in [4.69, 9.17) is 5.73 Å². The van der Waals surface area contributed by atoms with E-state index in [0.717, 1.165) is 17.7 Å². The lowest BCUT2D eigenvalue weighted by Crippen LogP contribution is -2.47. The average Bonchev–Trinajstić information content (AvgIpc) is 2.87. The number of carbonyl (C=O) groups excluding carboxylic acids is 1. The van der Waals surface area contributed by atoms with E-state index in [1.54, 1.807) is 0 Å². The first kappa shape index (κ1) is 16.0. The molecule has 0 aromatic heterocycles. The predicted octanol–water partition coefficient (Wildman–Crippen LogP) is 2.74. The monoisotopic (exact) mass is 289 g/mol. The van der Waals surface area contributed by atoms with Gasteiger partial charge in [0.2, 0.25) is 5.91 Å². The zero-order chi connectivity index (χ0) is 15.4. The summed E-state index contributed by atoms with van der Waals surface area (Å²) in [4.78, 5) is 14.9. The summed E-state index contributed by atoms with van der Waals surface area (Å²) < 4.78 is 0. The molecular formula is C17H27N3O. The summed E-state index contributed by atoms with van der Waals surface area (Å²) in [6.07, 6.45) is 3.46. The van der Waals surface area contributed by atoms with Crippen molar-refractivity contribution in [1.29, 1.82) is 0 Å². The highest BCUT2D eigenvalue weighted by Gasteiger charge is 2.35. The van der Waals surface area contributed by atoms with Gasteiger partial charge in [0.25, 0.3) is 0 Å². The Hall–Kier alpha value is -1.39. The Balaban J connectivity index is 2.09. The van der Waals surface area contributed by atoms with E-state index in [1.807, 2.05) is 31.2 Å². The Kier molecular flexibility index (Phi) is 5.37. The smallest absolute Gasteiger partial charge is 0.241 e. The van der Waals surface area contributed by atoms with Crippen molar-refractivity contribution in [3.8, 4) is 0 Å². The van der Waals surface area contributed by atoms with Crippen LogP contribution < -0.4 is 11.1 Å². The largest absolute Gasteiger partial charge is 0.326 e. The molecule has 3 atom stereocenters. The Morgan fingerprint density at radius 3 is 2.81 bits per heavy atom. The summed E-state index contributed by atoms with van der Waals surface area (Å²) in [5.41, 5.74) is 7.53. The number of benzene rings is 1. The standard InChI is InChI=1S/C17H27N3O/c1-4-15-10-9-12(2)20(15)13(3)17(21)19-16-8-6-5-7-14(16)11-18/h5-8,12-13,15H,4,9-11,18H2,1-3H3,(H,19,21). The van der Waals surface area contributed by atoms with Gasteiger partial charge in [0.15, 0.2) is 0 Å². The van der Waals surface area contributed by atoms with E-state index in [1.165, 1.54) is 12.8 Å². The number of nitrogens with zero attached hydrogens (tertiary/aromatic N) is 1. The summed E-state index contributed by atoms with van der Waals surface area (Å²) >= 11 is 0. The molecule has 1 aromatic carbocycles. The number of rotatable bonds is 5. The third kappa shape index (κ3) is 3.44. The number of hydrogen-bond donors (Lipinski definition) is 2. The number of nitrogens with one attached hydrogen (secondary N) is 1. The normalized spacial score (nSPS) is 24.0. The number of amides is 1. The maximum atomic E-state index is 12.6. The summed E-state index contributed by atoms with van der Waals surface area (Å²) in [5.74, 6) is 0.0584. The lowest BCUT2D eigenvalue weighted by atomic mass is 10.1. The van der Waals surface area contributed by atoms with Gasteiger partial charge in [-0.1, -0.05) is 25.1 Å². The molecule has 0 radical (unpaired) electrons. The minimum Gasteiger partial charge on any atom is -0.326 e. The maximum absolute atomic E-state index is 12.6. The molecule has 2 rings (SSSR count). The molecule has 1 aliphatic rings. The fourth-order valence-corrected chi connectivity index (χ4v) is 3.40. The number of hydrogen-bond acceptors (Lipinski definition) is 3. The molecule has 1 aliphatic heterocycles. The molecule has 1 aromatic rings. The summed E-state index contributed by atoms with van der Waals surface area (Å²) in [7, 11) is 0. The van der Waals surface area contributed by atoms with Crippen LogP contribution in [0.15, 0.2) is 24.3 Å². The molecule has 4 heteroatoms. The number of likely N-dealkylation sites (tertiary alicyclic amines) is 1. The third-order valence-corrected chi connectivity index (χ3v) is 4.64. The van der Waals surface area contributed by atoms with Gasteiger partial charge in [-0.05, 0) is 44.7 Å². The van der Waals surface area contributed by atoms with E-state index in [9.17, 15) is 4.79 Å². The van der Waals surface area contributed by atoms with Crippen LogP contribution in [-0.2, 0) is 11.3 Å². The lowest BCUT2D eigenvalue weighted by Gasteiger charge is -2.33. The van der Waals surface area contributed by atoms with Gasteiger partial charge in [-0.2, -0.15) is 0 Å². The summed E-state index contributed by atoms with van der Waals surface area (Å²) in [6.45, 7) is 6.85. The van der Waals surface area contributed by atoms with Crippen LogP contribution in [0.4, 0.5) is 5.69 Å². The van der Waals surface area contributed by atoms with Gasteiger partial charge < -0.3 is 11.1 Å². The molecule has 1 saturated heterocycles. The molecule has 1 fully saturated rings. The van der Waals surface area contributed by atoms with Gasteiger partial charge in [0.1, 0.15) is 0 Å². The Bertz CT molecular complexity index is 489. The second-order valence-corrected chi connectivity index (χ2v) is 5.96. The van der Waals surface area contributed by atoms with Crippen LogP contribution in [0.2, 0.25) is 0 Å². The van der Waals surface area contributed by atoms with E-state index in [0.29, 0.717) is 18.6 Å². The van der Waals surface area contributed by atoms with Crippen LogP contribution in [0.5, 0.6) is 0 Å². The zero-order valence-corrected chi connectivity index (χ0v) is 13.3. The molecule has 0 aliphatic carbocycles. The second kappa shape index (κ2) is 7.05. The fraction of sp³-hybridized carbons (Fsp3) is 0.588. The molecule has 1 amide bonds. The molecular weight excluding hydrogens is 262 g/mol. The number of para-hydroxylation sites is 1. The van der Waals surface area contributed by atoms with Crippen molar-refractivity contribution in [3.05, 3.63) is 29.8 Å². The van der Waals surface area contributed by atoms with E-state index < -0.39 is 0 Å². The molecule has 0 spiro atoms. The average molecular weight is 289 g/mol. The van der Waals surface area contributed by atoms with Crippen molar-refractivity contribution in [2.45, 2.75) is 64.7 Å². The van der Waals surface area contributed by atoms with Crippen LogP contribution in [-0.4, -0.2) is 28.9 Å². The molecule has 4 nitrogen and oxygen atoms in total. The van der Waals surface area contributed by atoms with Crippen molar-refractivity contribution >= 4 is 11.6 Å². The maximum Gasteiger partial charge on any atom is 0.241 e. The predicted molar refractivity (Wildman–Crippen MR) is 87.0 cm³/mol. The van der Waals surface area contributed by atoms with Crippen LogP contribution in [0.1, 0.15) is 45.6 Å². The molecule has 3 N–H and O–H groups in total. The Morgan fingerprint density at radius 1 is 1.43 bits per heavy atom. The van der Waals surface area contributed by atoms with Crippen LogP contribution >= 0.6 is 0 Å². The van der Waals surface area contributed by atoms with Gasteiger partial charge >= 0.3 is 0 Å². The quantitative estimate of drug-likeness (QED) is 0.876. The van der Waals surface area contributed by atoms with Crippen LogP contribution in [0, 0.1) is 0 Å². The highest BCUT2D eigenvalue weighted by atomic mass is 16.2. The van der Waals surface area contributed by atoms with E-state index in [2.05, 4.69) is 24.1 Å². The molecule has 0 saturated carbocycles. The van der Waals surface area contributed by atoms with Crippen molar-refractivity contribution in [2.75, 3.05) is 5.32 Å². The number of anilines is 1. The van der Waals surface area contributed by atoms with Gasteiger partial charge in [-0.25, -0.2) is 0 Å². The highest BCUT2D eigenvalue weighted by Crippen LogP contribution is 2.28. The first-order valence-corrected chi connectivity index (χ1v) is 7.94. The minimum absolute atomic E-state index is 0.0584. The van der Waals surface area contributed by atoms with Crippen molar-refractivity contribution < 1.29 is 4.79 Å². The van der Waals surface area contributed by atoms with Gasteiger partial charge in [-0.15, -0.1) is 0 Å². The lowest BCUT2D eigenvalue weighted by molar-refractivity contribution is -0.121.